The largest absolute Gasteiger partial charge is 0.497 e. The van der Waals surface area contributed by atoms with Crippen LogP contribution in [0.2, 0.25) is 0 Å². The zero-order valence-corrected chi connectivity index (χ0v) is 16.6. The second-order valence-corrected chi connectivity index (χ2v) is 8.27. The van der Waals surface area contributed by atoms with E-state index in [1.165, 1.54) is 34.2 Å². The van der Waals surface area contributed by atoms with Crippen LogP contribution in [-0.2, 0) is 6.42 Å². The molecule has 3 aromatic rings. The van der Waals surface area contributed by atoms with Crippen molar-refractivity contribution in [2.75, 3.05) is 13.7 Å². The average molecular weight is 379 g/mol. The van der Waals surface area contributed by atoms with Crippen LogP contribution in [0.5, 0.6) is 5.75 Å². The number of piperidine rings is 1. The predicted octanol–water partition coefficient (Wildman–Crippen LogP) is 5.42. The van der Waals surface area contributed by atoms with Crippen LogP contribution in [-0.4, -0.2) is 24.7 Å². The van der Waals surface area contributed by atoms with Crippen LogP contribution in [0.15, 0.2) is 49.0 Å². The highest BCUT2D eigenvalue weighted by molar-refractivity contribution is 7.19. The summed E-state index contributed by atoms with van der Waals surface area (Å²) < 4.78 is 6.52. The van der Waals surface area contributed by atoms with E-state index in [4.69, 9.17) is 9.72 Å². The molecule has 3 nitrogen and oxygen atoms in total. The molecule has 4 rings (SSSR count). The van der Waals surface area contributed by atoms with Crippen molar-refractivity contribution in [3.63, 3.8) is 0 Å². The van der Waals surface area contributed by atoms with Gasteiger partial charge in [-0.15, -0.1) is 11.3 Å². The van der Waals surface area contributed by atoms with Crippen molar-refractivity contribution in [3.8, 4) is 5.75 Å². The second kappa shape index (κ2) is 8.24. The molecule has 140 valence electrons. The second-order valence-electron chi connectivity index (χ2n) is 7.21. The highest BCUT2D eigenvalue weighted by atomic mass is 32.1. The number of rotatable bonds is 6. The van der Waals surface area contributed by atoms with Crippen LogP contribution in [0.4, 0.5) is 0 Å². The maximum Gasteiger partial charge on any atom is 0.118 e. The smallest absolute Gasteiger partial charge is 0.118 e. The van der Waals surface area contributed by atoms with Crippen LogP contribution in [0, 0.1) is 0 Å². The van der Waals surface area contributed by atoms with E-state index in [9.17, 15) is 0 Å². The number of thiazole rings is 1. The van der Waals surface area contributed by atoms with Crippen molar-refractivity contribution in [3.05, 3.63) is 65.2 Å². The molecule has 1 N–H and O–H groups in total. The lowest BCUT2D eigenvalue weighted by molar-refractivity contribution is 0.348. The minimum atomic E-state index is 0.554. The van der Waals surface area contributed by atoms with Gasteiger partial charge < -0.3 is 10.1 Å². The van der Waals surface area contributed by atoms with Crippen molar-refractivity contribution in [1.29, 1.82) is 0 Å². The quantitative estimate of drug-likeness (QED) is 0.622. The lowest BCUT2D eigenvalue weighted by atomic mass is 9.84. The van der Waals surface area contributed by atoms with E-state index in [2.05, 4.69) is 42.2 Å². The normalized spacial score (nSPS) is 19.9. The Kier molecular flexibility index (Phi) is 5.55. The molecule has 1 aliphatic rings. The van der Waals surface area contributed by atoms with Crippen LogP contribution in [0.25, 0.3) is 16.3 Å². The van der Waals surface area contributed by atoms with Crippen molar-refractivity contribution in [2.24, 2.45) is 0 Å². The molecule has 0 aliphatic carbocycles. The molecule has 2 atom stereocenters. The first-order valence-electron chi connectivity index (χ1n) is 9.65. The zero-order chi connectivity index (χ0) is 18.6. The van der Waals surface area contributed by atoms with Crippen molar-refractivity contribution in [2.45, 2.75) is 37.6 Å². The van der Waals surface area contributed by atoms with Gasteiger partial charge in [0.1, 0.15) is 10.8 Å². The first kappa shape index (κ1) is 18.2. The number of nitrogens with zero attached hydrogens (tertiary/aromatic N) is 1. The summed E-state index contributed by atoms with van der Waals surface area (Å²) in [7, 11) is 1.71. The Morgan fingerprint density at radius 1 is 1.26 bits per heavy atom. The van der Waals surface area contributed by atoms with Gasteiger partial charge in [-0.1, -0.05) is 30.8 Å². The van der Waals surface area contributed by atoms with E-state index in [1.54, 1.807) is 18.4 Å². The fraction of sp³-hybridized carbons (Fsp3) is 0.348. The van der Waals surface area contributed by atoms with E-state index >= 15 is 0 Å². The Balaban J connectivity index is 1.45. The first-order chi connectivity index (χ1) is 13.3. The number of aromatic nitrogens is 1. The summed E-state index contributed by atoms with van der Waals surface area (Å²) >= 11 is 1.73. The minimum Gasteiger partial charge on any atom is -0.497 e. The number of hydrogen-bond donors (Lipinski definition) is 1. The third-order valence-electron chi connectivity index (χ3n) is 5.52. The van der Waals surface area contributed by atoms with Gasteiger partial charge >= 0.3 is 0 Å². The molecule has 0 amide bonds. The minimum absolute atomic E-state index is 0.554. The number of hydrogen-bond acceptors (Lipinski definition) is 4. The molecular weight excluding hydrogens is 352 g/mol. The number of benzene rings is 2. The number of ether oxygens (including phenoxy) is 1. The van der Waals surface area contributed by atoms with Crippen molar-refractivity contribution < 1.29 is 4.74 Å². The monoisotopic (exact) mass is 378 g/mol. The van der Waals surface area contributed by atoms with Gasteiger partial charge in [0, 0.05) is 6.04 Å². The molecule has 0 spiro atoms. The number of methoxy groups -OCH3 is 1. The van der Waals surface area contributed by atoms with Crippen LogP contribution >= 0.6 is 11.3 Å². The Labute approximate surface area is 165 Å². The van der Waals surface area contributed by atoms with Crippen LogP contribution in [0.1, 0.15) is 41.3 Å². The number of aryl methyl sites for hydroxylation is 1. The molecule has 1 aliphatic heterocycles. The van der Waals surface area contributed by atoms with Gasteiger partial charge in [-0.05, 0) is 73.5 Å². The van der Waals surface area contributed by atoms with Gasteiger partial charge in [0.25, 0.3) is 0 Å². The maximum atomic E-state index is 5.25. The third-order valence-corrected chi connectivity index (χ3v) is 6.53. The molecular formula is C23H26N2OS. The highest BCUT2D eigenvalue weighted by Gasteiger charge is 2.24. The summed E-state index contributed by atoms with van der Waals surface area (Å²) in [6.45, 7) is 4.95. The van der Waals surface area contributed by atoms with Crippen molar-refractivity contribution >= 4 is 27.6 Å². The molecule has 2 unspecified atom stereocenters. The molecule has 2 aromatic carbocycles. The summed E-state index contributed by atoms with van der Waals surface area (Å²) in [5, 5.41) is 4.73. The number of fused-ring (bicyclic) bond motifs is 1. The fourth-order valence-electron chi connectivity index (χ4n) is 4.05. The lowest BCUT2D eigenvalue weighted by Crippen LogP contribution is -2.37. The Morgan fingerprint density at radius 3 is 2.89 bits per heavy atom. The summed E-state index contributed by atoms with van der Waals surface area (Å²) in [6, 6.07) is 15.6. The summed E-state index contributed by atoms with van der Waals surface area (Å²) in [5.74, 6) is 1.50. The van der Waals surface area contributed by atoms with Gasteiger partial charge in [0.2, 0.25) is 0 Å². The van der Waals surface area contributed by atoms with E-state index in [1.807, 2.05) is 18.2 Å². The molecule has 2 heterocycles. The third kappa shape index (κ3) is 4.07. The molecule has 1 fully saturated rings. The van der Waals surface area contributed by atoms with Crippen LogP contribution in [0.3, 0.4) is 0 Å². The Bertz CT molecular complexity index is 916. The first-order valence-corrected chi connectivity index (χ1v) is 10.5. The standard InChI is InChI=1S/C23H26N2OS/c1-3-22-25-23-20(5-4-6-21(23)27-22)17-13-14-24-18(15-17)10-7-16-8-11-19(26-2)12-9-16/h3-6,8-9,11-12,17-18,24H,1,7,10,13-15H2,2H3. The van der Waals surface area contributed by atoms with E-state index < -0.39 is 0 Å². The van der Waals surface area contributed by atoms with Gasteiger partial charge in [0.05, 0.1) is 17.3 Å². The van der Waals surface area contributed by atoms with Gasteiger partial charge in [0.15, 0.2) is 0 Å². The maximum absolute atomic E-state index is 5.25. The molecule has 27 heavy (non-hydrogen) atoms. The topological polar surface area (TPSA) is 34.2 Å². The fourth-order valence-corrected chi connectivity index (χ4v) is 4.90. The highest BCUT2D eigenvalue weighted by Crippen LogP contribution is 2.35. The number of nitrogens with one attached hydrogen (secondary N) is 1. The van der Waals surface area contributed by atoms with E-state index in [0.717, 1.165) is 30.1 Å². The predicted molar refractivity (Wildman–Crippen MR) is 115 cm³/mol. The molecule has 0 saturated carbocycles. The summed E-state index contributed by atoms with van der Waals surface area (Å²) in [5.41, 5.74) is 3.96. The molecule has 1 saturated heterocycles. The Hall–Kier alpha value is -2.17. The molecule has 1 aromatic heterocycles. The van der Waals surface area contributed by atoms with Crippen molar-refractivity contribution in [1.82, 2.24) is 10.3 Å². The zero-order valence-electron chi connectivity index (χ0n) is 15.8. The molecule has 0 bridgehead atoms. The van der Waals surface area contributed by atoms with E-state index in [0.29, 0.717) is 12.0 Å². The summed E-state index contributed by atoms with van der Waals surface area (Å²) in [6.07, 6.45) is 6.47. The van der Waals surface area contributed by atoms with E-state index in [-0.39, 0.29) is 0 Å². The Morgan fingerprint density at radius 2 is 2.11 bits per heavy atom. The van der Waals surface area contributed by atoms with Crippen LogP contribution < -0.4 is 10.1 Å². The SMILES string of the molecule is C=Cc1nc2c(C3CCNC(CCc4ccc(OC)cc4)C3)cccc2s1. The summed E-state index contributed by atoms with van der Waals surface area (Å²) in [4.78, 5) is 4.81. The average Bonchev–Trinajstić information content (AvgIpc) is 3.16. The number of para-hydroxylation sites is 1. The van der Waals surface area contributed by atoms with Gasteiger partial charge in [-0.25, -0.2) is 4.98 Å². The lowest BCUT2D eigenvalue weighted by Gasteiger charge is -2.31. The van der Waals surface area contributed by atoms with Gasteiger partial charge in [-0.2, -0.15) is 0 Å². The molecule has 0 radical (unpaired) electrons. The van der Waals surface area contributed by atoms with Gasteiger partial charge in [-0.3, -0.25) is 0 Å². The molecule has 4 heteroatoms.